The lowest BCUT2D eigenvalue weighted by molar-refractivity contribution is -0.137. The molecule has 13 nitrogen and oxygen atoms in total. The number of hydrogen-bond acceptors (Lipinski definition) is 8. The number of aliphatic hydroxyl groups is 1. The number of urea groups is 1. The Morgan fingerprint density at radius 3 is 2.74 bits per heavy atom. The van der Waals surface area contributed by atoms with Gasteiger partial charge in [-0.15, -0.1) is 4.91 Å². The van der Waals surface area contributed by atoms with E-state index in [0.717, 1.165) is 4.57 Å². The summed E-state index contributed by atoms with van der Waals surface area (Å²) in [5.41, 5.74) is -0.952. The molecule has 27 heavy (non-hydrogen) atoms. The first kappa shape index (κ1) is 20.3. The van der Waals surface area contributed by atoms with Gasteiger partial charge in [-0.1, -0.05) is 0 Å². The fourth-order valence-electron chi connectivity index (χ4n) is 2.47. The second kappa shape index (κ2) is 8.55. The van der Waals surface area contributed by atoms with Gasteiger partial charge in [-0.2, -0.15) is 5.01 Å². The zero-order chi connectivity index (χ0) is 20.1. The van der Waals surface area contributed by atoms with Crippen LogP contribution in [0.25, 0.3) is 0 Å². The van der Waals surface area contributed by atoms with Crippen LogP contribution in [-0.4, -0.2) is 63.9 Å². The topological polar surface area (TPSA) is 175 Å². The van der Waals surface area contributed by atoms with E-state index in [4.69, 9.17) is 4.74 Å². The molecule has 0 aliphatic carbocycles. The number of amides is 3. The van der Waals surface area contributed by atoms with Crippen molar-refractivity contribution in [1.82, 2.24) is 25.2 Å². The van der Waals surface area contributed by atoms with Crippen molar-refractivity contribution in [3.63, 3.8) is 0 Å². The lowest BCUT2D eigenvalue weighted by Gasteiger charge is -2.16. The Hall–Kier alpha value is -3.06. The van der Waals surface area contributed by atoms with Crippen molar-refractivity contribution in [3.05, 3.63) is 37.5 Å². The van der Waals surface area contributed by atoms with E-state index in [-0.39, 0.29) is 25.1 Å². The van der Waals surface area contributed by atoms with Crippen molar-refractivity contribution in [2.45, 2.75) is 31.8 Å². The SMILES string of the molecule is Cc1cn([C@H]2C[C@H](O)[C@@H](C(=O)NCCNC(=O)N(C)N=O)O2)c(=O)[nH]c1=O. The van der Waals surface area contributed by atoms with Crippen LogP contribution >= 0.6 is 0 Å². The first-order chi connectivity index (χ1) is 12.7. The number of aryl methyl sites for hydroxylation is 1. The van der Waals surface area contributed by atoms with E-state index in [0.29, 0.717) is 5.01 Å². The molecule has 2 rings (SSSR count). The van der Waals surface area contributed by atoms with Crippen molar-refractivity contribution >= 4 is 11.9 Å². The average molecular weight is 384 g/mol. The van der Waals surface area contributed by atoms with Crippen LogP contribution in [0, 0.1) is 11.8 Å². The fraction of sp³-hybridized carbons (Fsp3) is 0.571. The van der Waals surface area contributed by atoms with Gasteiger partial charge in [0.15, 0.2) is 6.10 Å². The van der Waals surface area contributed by atoms with E-state index in [1.807, 2.05) is 0 Å². The van der Waals surface area contributed by atoms with E-state index in [9.17, 15) is 29.2 Å². The summed E-state index contributed by atoms with van der Waals surface area (Å²) >= 11 is 0. The van der Waals surface area contributed by atoms with Gasteiger partial charge in [0.1, 0.15) is 6.23 Å². The minimum absolute atomic E-state index is 0.0178. The second-order valence-electron chi connectivity index (χ2n) is 5.92. The highest BCUT2D eigenvalue weighted by Crippen LogP contribution is 2.27. The zero-order valence-electron chi connectivity index (χ0n) is 14.7. The van der Waals surface area contributed by atoms with Gasteiger partial charge >= 0.3 is 11.7 Å². The summed E-state index contributed by atoms with van der Waals surface area (Å²) in [6, 6.07) is -0.732. The van der Waals surface area contributed by atoms with E-state index < -0.39 is 41.6 Å². The Bertz CT molecular complexity index is 834. The number of ether oxygens (including phenoxy) is 1. The Balaban J connectivity index is 1.91. The largest absolute Gasteiger partial charge is 0.390 e. The summed E-state index contributed by atoms with van der Waals surface area (Å²) in [6.07, 6.45) is -2.01. The number of nitrogens with zero attached hydrogens (tertiary/aromatic N) is 3. The summed E-state index contributed by atoms with van der Waals surface area (Å²) in [7, 11) is 1.17. The highest BCUT2D eigenvalue weighted by molar-refractivity contribution is 5.81. The number of H-pyrrole nitrogens is 1. The molecular formula is C14H20N6O7. The van der Waals surface area contributed by atoms with Gasteiger partial charge in [0.05, 0.1) is 11.4 Å². The third-order valence-electron chi connectivity index (χ3n) is 3.93. The molecule has 148 valence electrons. The van der Waals surface area contributed by atoms with Crippen molar-refractivity contribution in [2.24, 2.45) is 5.29 Å². The molecule has 0 saturated carbocycles. The van der Waals surface area contributed by atoms with Crippen LogP contribution in [0.5, 0.6) is 0 Å². The normalized spacial score (nSPS) is 21.5. The van der Waals surface area contributed by atoms with Gasteiger partial charge in [0, 0.05) is 38.3 Å². The molecule has 0 aromatic carbocycles. The van der Waals surface area contributed by atoms with E-state index in [2.05, 4.69) is 20.9 Å². The number of carbonyl (C=O) groups is 2. The van der Waals surface area contributed by atoms with Crippen molar-refractivity contribution < 1.29 is 19.4 Å². The Morgan fingerprint density at radius 2 is 2.07 bits per heavy atom. The number of nitrogens with one attached hydrogen (secondary N) is 3. The first-order valence-electron chi connectivity index (χ1n) is 8.02. The Morgan fingerprint density at radius 1 is 1.41 bits per heavy atom. The maximum absolute atomic E-state index is 12.1. The summed E-state index contributed by atoms with van der Waals surface area (Å²) in [4.78, 5) is 59.0. The molecule has 1 fully saturated rings. The summed E-state index contributed by atoms with van der Waals surface area (Å²) in [5, 5.41) is 17.8. The molecule has 1 aromatic heterocycles. The van der Waals surface area contributed by atoms with Crippen LogP contribution in [0.2, 0.25) is 0 Å². The van der Waals surface area contributed by atoms with E-state index in [1.165, 1.54) is 20.2 Å². The summed E-state index contributed by atoms with van der Waals surface area (Å²) in [6.45, 7) is 1.55. The molecule has 1 aliphatic heterocycles. The highest BCUT2D eigenvalue weighted by atomic mass is 16.5. The predicted molar refractivity (Wildman–Crippen MR) is 90.6 cm³/mol. The maximum Gasteiger partial charge on any atom is 0.340 e. The summed E-state index contributed by atoms with van der Waals surface area (Å²) < 4.78 is 6.56. The summed E-state index contributed by atoms with van der Waals surface area (Å²) in [5.74, 6) is -0.629. The maximum atomic E-state index is 12.1. The number of aromatic nitrogens is 2. The van der Waals surface area contributed by atoms with Gasteiger partial charge in [-0.25, -0.2) is 9.59 Å². The molecule has 1 aliphatic rings. The fourth-order valence-corrected chi connectivity index (χ4v) is 2.47. The van der Waals surface area contributed by atoms with Gasteiger partial charge in [0.2, 0.25) is 0 Å². The van der Waals surface area contributed by atoms with E-state index in [1.54, 1.807) is 0 Å². The molecule has 0 radical (unpaired) electrons. The quantitative estimate of drug-likeness (QED) is 0.247. The minimum atomic E-state index is -1.22. The molecule has 1 aromatic rings. The predicted octanol–water partition coefficient (Wildman–Crippen LogP) is -2.07. The molecule has 3 atom stereocenters. The van der Waals surface area contributed by atoms with Gasteiger partial charge in [-0.05, 0) is 6.92 Å². The molecule has 0 bridgehead atoms. The molecular weight excluding hydrogens is 364 g/mol. The van der Waals surface area contributed by atoms with Crippen molar-refractivity contribution in [3.8, 4) is 0 Å². The third-order valence-corrected chi connectivity index (χ3v) is 3.93. The standard InChI is InChI=1S/C14H20N6O7/c1-7-6-20(14(25)17-11(7)22)9-5-8(21)10(27-9)12(23)15-3-4-16-13(24)19(2)18-26/h6,8-10,21H,3-5H2,1-2H3,(H,15,23)(H,16,24)(H,17,22,25)/t8-,9+,10-/m0/s1. The first-order valence-corrected chi connectivity index (χ1v) is 8.02. The number of hydrogen-bond donors (Lipinski definition) is 4. The number of aromatic amines is 1. The van der Waals surface area contributed by atoms with Gasteiger partial charge in [0.25, 0.3) is 11.5 Å². The zero-order valence-corrected chi connectivity index (χ0v) is 14.7. The molecule has 2 heterocycles. The highest BCUT2D eigenvalue weighted by Gasteiger charge is 2.40. The number of carbonyl (C=O) groups excluding carboxylic acids is 2. The Labute approximate surface area is 152 Å². The number of aliphatic hydroxyl groups excluding tert-OH is 1. The average Bonchev–Trinajstić information content (AvgIpc) is 3.02. The van der Waals surface area contributed by atoms with Crippen molar-refractivity contribution in [1.29, 1.82) is 0 Å². The lowest BCUT2D eigenvalue weighted by Crippen LogP contribution is -2.44. The van der Waals surface area contributed by atoms with Crippen LogP contribution in [0.4, 0.5) is 4.79 Å². The van der Waals surface area contributed by atoms with Crippen LogP contribution in [-0.2, 0) is 9.53 Å². The molecule has 4 N–H and O–H groups in total. The van der Waals surface area contributed by atoms with Gasteiger partial charge < -0.3 is 20.5 Å². The smallest absolute Gasteiger partial charge is 0.340 e. The number of nitroso groups, excluding NO2 is 1. The van der Waals surface area contributed by atoms with Crippen LogP contribution in [0.1, 0.15) is 18.2 Å². The van der Waals surface area contributed by atoms with Crippen LogP contribution in [0.3, 0.4) is 0 Å². The van der Waals surface area contributed by atoms with Crippen LogP contribution < -0.4 is 21.9 Å². The van der Waals surface area contributed by atoms with Crippen molar-refractivity contribution in [2.75, 3.05) is 20.1 Å². The molecule has 0 spiro atoms. The molecule has 0 unspecified atom stereocenters. The molecule has 3 amide bonds. The minimum Gasteiger partial charge on any atom is -0.390 e. The third kappa shape index (κ3) is 4.77. The lowest BCUT2D eigenvalue weighted by atomic mass is 10.1. The van der Waals surface area contributed by atoms with E-state index >= 15 is 0 Å². The van der Waals surface area contributed by atoms with Crippen LogP contribution in [0.15, 0.2) is 21.1 Å². The van der Waals surface area contributed by atoms with Gasteiger partial charge in [-0.3, -0.25) is 19.1 Å². The number of rotatable bonds is 6. The second-order valence-corrected chi connectivity index (χ2v) is 5.92. The molecule has 1 saturated heterocycles. The monoisotopic (exact) mass is 384 g/mol. The molecule has 13 heteroatoms. The Kier molecular flexibility index (Phi) is 6.41.